The third-order valence-electron chi connectivity index (χ3n) is 4.49. The number of aromatic nitrogens is 2. The van der Waals surface area contributed by atoms with Gasteiger partial charge < -0.3 is 20.4 Å². The molecule has 1 aliphatic heterocycles. The topological polar surface area (TPSA) is 90.5 Å². The minimum atomic E-state index is -0.637. The number of halogens is 1. The molecule has 148 valence electrons. The molecule has 2 heterocycles. The molecule has 1 aromatic carbocycles. The molecule has 0 aliphatic carbocycles. The van der Waals surface area contributed by atoms with Crippen molar-refractivity contribution in [3.8, 4) is 0 Å². The second kappa shape index (κ2) is 9.36. The SMILES string of the molecule is CC(NC(=O)N1CCN(c2ncccn2)CC1)C(=O)NCc1cccc(Cl)c1. The Morgan fingerprint density at radius 1 is 1.14 bits per heavy atom. The number of carbonyl (C=O) groups excluding carboxylic acids is 2. The zero-order valence-corrected chi connectivity index (χ0v) is 16.4. The van der Waals surface area contributed by atoms with E-state index in [0.717, 1.165) is 5.56 Å². The number of nitrogens with one attached hydrogen (secondary N) is 2. The van der Waals surface area contributed by atoms with E-state index in [0.29, 0.717) is 43.7 Å². The molecule has 0 radical (unpaired) electrons. The van der Waals surface area contributed by atoms with Gasteiger partial charge in [-0.05, 0) is 30.7 Å². The fraction of sp³-hybridized carbons (Fsp3) is 0.368. The highest BCUT2D eigenvalue weighted by Crippen LogP contribution is 2.11. The number of hydrogen-bond donors (Lipinski definition) is 2. The van der Waals surface area contributed by atoms with E-state index in [9.17, 15) is 9.59 Å². The fourth-order valence-corrected chi connectivity index (χ4v) is 3.11. The number of carbonyl (C=O) groups is 2. The van der Waals surface area contributed by atoms with Crippen LogP contribution in [0.5, 0.6) is 0 Å². The number of benzene rings is 1. The van der Waals surface area contributed by atoms with Crippen molar-refractivity contribution >= 4 is 29.5 Å². The van der Waals surface area contributed by atoms with E-state index >= 15 is 0 Å². The number of piperazine rings is 1. The van der Waals surface area contributed by atoms with Gasteiger partial charge in [0.05, 0.1) is 0 Å². The number of rotatable bonds is 5. The summed E-state index contributed by atoms with van der Waals surface area (Å²) >= 11 is 5.94. The third-order valence-corrected chi connectivity index (χ3v) is 4.73. The van der Waals surface area contributed by atoms with Gasteiger partial charge in [0.15, 0.2) is 0 Å². The molecule has 1 atom stereocenters. The van der Waals surface area contributed by atoms with Crippen LogP contribution in [-0.4, -0.2) is 59.0 Å². The normalized spacial score (nSPS) is 15.1. The molecule has 28 heavy (non-hydrogen) atoms. The van der Waals surface area contributed by atoms with Crippen LogP contribution in [0, 0.1) is 0 Å². The molecule has 3 rings (SSSR count). The van der Waals surface area contributed by atoms with Crippen molar-refractivity contribution in [2.45, 2.75) is 19.5 Å². The molecular formula is C19H23ClN6O2. The van der Waals surface area contributed by atoms with Crippen LogP contribution in [0.4, 0.5) is 10.7 Å². The molecule has 1 saturated heterocycles. The Morgan fingerprint density at radius 3 is 2.54 bits per heavy atom. The summed E-state index contributed by atoms with van der Waals surface area (Å²) in [5.74, 6) is 0.418. The van der Waals surface area contributed by atoms with Gasteiger partial charge in [-0.2, -0.15) is 0 Å². The Bertz CT molecular complexity index is 811. The van der Waals surface area contributed by atoms with Crippen LogP contribution in [0.25, 0.3) is 0 Å². The van der Waals surface area contributed by atoms with Gasteiger partial charge in [-0.15, -0.1) is 0 Å². The van der Waals surface area contributed by atoms with E-state index in [1.54, 1.807) is 42.4 Å². The van der Waals surface area contributed by atoms with Crippen LogP contribution in [0.1, 0.15) is 12.5 Å². The standard InChI is InChI=1S/C19H23ClN6O2/c1-14(17(27)23-13-15-4-2-5-16(20)12-15)24-19(28)26-10-8-25(9-11-26)18-21-6-3-7-22-18/h2-7,12,14H,8-11,13H2,1H3,(H,23,27)(H,24,28). The molecule has 2 aromatic rings. The van der Waals surface area contributed by atoms with Gasteiger partial charge in [-0.25, -0.2) is 14.8 Å². The van der Waals surface area contributed by atoms with Crippen molar-refractivity contribution < 1.29 is 9.59 Å². The van der Waals surface area contributed by atoms with Gasteiger partial charge in [0, 0.05) is 50.1 Å². The van der Waals surface area contributed by atoms with E-state index in [1.165, 1.54) is 0 Å². The molecule has 8 nitrogen and oxygen atoms in total. The summed E-state index contributed by atoms with van der Waals surface area (Å²) in [7, 11) is 0. The van der Waals surface area contributed by atoms with Crippen molar-refractivity contribution in [3.05, 3.63) is 53.3 Å². The summed E-state index contributed by atoms with van der Waals surface area (Å²) in [4.78, 5) is 36.9. The minimum Gasteiger partial charge on any atom is -0.350 e. The van der Waals surface area contributed by atoms with E-state index in [4.69, 9.17) is 11.6 Å². The van der Waals surface area contributed by atoms with Crippen molar-refractivity contribution in [2.75, 3.05) is 31.1 Å². The molecule has 1 unspecified atom stereocenters. The van der Waals surface area contributed by atoms with E-state index in [2.05, 4.69) is 20.6 Å². The summed E-state index contributed by atoms with van der Waals surface area (Å²) in [6.45, 7) is 4.40. The van der Waals surface area contributed by atoms with Gasteiger partial charge in [0.25, 0.3) is 0 Å². The summed E-state index contributed by atoms with van der Waals surface area (Å²) in [5.41, 5.74) is 0.902. The Labute approximate surface area is 168 Å². The predicted octanol–water partition coefficient (Wildman–Crippen LogP) is 1.67. The average Bonchev–Trinajstić information content (AvgIpc) is 2.72. The van der Waals surface area contributed by atoms with Gasteiger partial charge in [0.1, 0.15) is 6.04 Å². The van der Waals surface area contributed by atoms with Crippen molar-refractivity contribution in [3.63, 3.8) is 0 Å². The minimum absolute atomic E-state index is 0.246. The van der Waals surface area contributed by atoms with Crippen molar-refractivity contribution in [1.29, 1.82) is 0 Å². The Kier molecular flexibility index (Phi) is 6.65. The van der Waals surface area contributed by atoms with Crippen LogP contribution in [0.3, 0.4) is 0 Å². The molecule has 2 N–H and O–H groups in total. The third kappa shape index (κ3) is 5.32. The number of nitrogens with zero attached hydrogens (tertiary/aromatic N) is 4. The Morgan fingerprint density at radius 2 is 1.86 bits per heavy atom. The lowest BCUT2D eigenvalue weighted by Crippen LogP contribution is -2.55. The van der Waals surface area contributed by atoms with Gasteiger partial charge in [-0.1, -0.05) is 23.7 Å². The average molecular weight is 403 g/mol. The first-order valence-electron chi connectivity index (χ1n) is 9.12. The van der Waals surface area contributed by atoms with Crippen LogP contribution < -0.4 is 15.5 Å². The summed E-state index contributed by atoms with van der Waals surface area (Å²) < 4.78 is 0. The highest BCUT2D eigenvalue weighted by atomic mass is 35.5. The first kappa shape index (κ1) is 19.9. The molecule has 3 amide bonds. The second-order valence-corrected chi connectivity index (χ2v) is 6.98. The summed E-state index contributed by atoms with van der Waals surface area (Å²) in [6, 6.07) is 8.16. The van der Waals surface area contributed by atoms with E-state index in [1.807, 2.05) is 17.0 Å². The zero-order chi connectivity index (χ0) is 19.9. The molecule has 9 heteroatoms. The number of anilines is 1. The van der Waals surface area contributed by atoms with Gasteiger partial charge in [0.2, 0.25) is 11.9 Å². The Balaban J connectivity index is 1.43. The van der Waals surface area contributed by atoms with Crippen LogP contribution in [0.2, 0.25) is 5.02 Å². The largest absolute Gasteiger partial charge is 0.350 e. The maximum absolute atomic E-state index is 12.4. The van der Waals surface area contributed by atoms with Crippen LogP contribution >= 0.6 is 11.6 Å². The molecule has 1 fully saturated rings. The second-order valence-electron chi connectivity index (χ2n) is 6.54. The number of hydrogen-bond acceptors (Lipinski definition) is 5. The highest BCUT2D eigenvalue weighted by Gasteiger charge is 2.24. The maximum Gasteiger partial charge on any atom is 0.318 e. The first-order chi connectivity index (χ1) is 13.5. The molecule has 0 spiro atoms. The van der Waals surface area contributed by atoms with E-state index < -0.39 is 6.04 Å². The van der Waals surface area contributed by atoms with Crippen LogP contribution in [0.15, 0.2) is 42.7 Å². The molecule has 0 bridgehead atoms. The molecule has 1 aliphatic rings. The molecular weight excluding hydrogens is 380 g/mol. The maximum atomic E-state index is 12.4. The van der Waals surface area contributed by atoms with Crippen molar-refractivity contribution in [2.24, 2.45) is 0 Å². The van der Waals surface area contributed by atoms with Crippen molar-refractivity contribution in [1.82, 2.24) is 25.5 Å². The predicted molar refractivity (Wildman–Crippen MR) is 107 cm³/mol. The lowest BCUT2D eigenvalue weighted by molar-refractivity contribution is -0.122. The summed E-state index contributed by atoms with van der Waals surface area (Å²) in [6.07, 6.45) is 3.40. The Hall–Kier alpha value is -2.87. The lowest BCUT2D eigenvalue weighted by Gasteiger charge is -2.35. The number of urea groups is 1. The lowest BCUT2D eigenvalue weighted by atomic mass is 10.2. The highest BCUT2D eigenvalue weighted by molar-refractivity contribution is 6.30. The molecule has 1 aromatic heterocycles. The number of amides is 3. The monoisotopic (exact) mass is 402 g/mol. The summed E-state index contributed by atoms with van der Waals surface area (Å²) in [5, 5.41) is 6.18. The smallest absolute Gasteiger partial charge is 0.318 e. The fourth-order valence-electron chi connectivity index (χ4n) is 2.90. The molecule has 0 saturated carbocycles. The van der Waals surface area contributed by atoms with Crippen LogP contribution in [-0.2, 0) is 11.3 Å². The van der Waals surface area contributed by atoms with Gasteiger partial charge >= 0.3 is 6.03 Å². The van der Waals surface area contributed by atoms with Gasteiger partial charge in [-0.3, -0.25) is 4.79 Å². The quantitative estimate of drug-likeness (QED) is 0.793. The zero-order valence-electron chi connectivity index (χ0n) is 15.6. The van der Waals surface area contributed by atoms with E-state index in [-0.39, 0.29) is 11.9 Å². The first-order valence-corrected chi connectivity index (χ1v) is 9.50.